The van der Waals surface area contributed by atoms with Gasteiger partial charge in [0.05, 0.1) is 11.5 Å². The highest BCUT2D eigenvalue weighted by Gasteiger charge is 2.70. The molecule has 7 aliphatic rings. The van der Waals surface area contributed by atoms with Crippen molar-refractivity contribution in [3.8, 4) is 0 Å². The van der Waals surface area contributed by atoms with Crippen molar-refractivity contribution in [3.05, 3.63) is 35.5 Å². The fraction of sp³-hybridized carbons (Fsp3) is 0.846. The lowest BCUT2D eigenvalue weighted by atomic mass is 9.33. The minimum atomic E-state index is -2.88. The van der Waals surface area contributed by atoms with Crippen LogP contribution in [-0.4, -0.2) is 81.9 Å². The topological polar surface area (TPSA) is 102 Å². The van der Waals surface area contributed by atoms with E-state index in [-0.39, 0.29) is 44.7 Å². The number of ether oxygens (including phenoxy) is 2. The van der Waals surface area contributed by atoms with Gasteiger partial charge in [0.25, 0.3) is 0 Å². The molecule has 1 aliphatic heterocycles. The van der Waals surface area contributed by atoms with E-state index in [4.69, 9.17) is 9.47 Å². The van der Waals surface area contributed by atoms with Crippen LogP contribution in [0.25, 0.3) is 0 Å². The molecule has 4 saturated carbocycles. The van der Waals surface area contributed by atoms with Gasteiger partial charge < -0.3 is 19.7 Å². The van der Waals surface area contributed by atoms with Gasteiger partial charge in [0.2, 0.25) is 6.79 Å². The Hall–Kier alpha value is -2.04. The molecule has 0 spiro atoms. The van der Waals surface area contributed by atoms with Crippen molar-refractivity contribution in [1.29, 1.82) is 0 Å². The quantitative estimate of drug-likeness (QED) is 0.0708. The van der Waals surface area contributed by atoms with Crippen LogP contribution in [0.15, 0.2) is 35.5 Å². The summed E-state index contributed by atoms with van der Waals surface area (Å²) in [5.41, 5.74) is 3.46. The van der Waals surface area contributed by atoms with E-state index in [1.165, 1.54) is 68.1 Å². The number of nitrogens with one attached hydrogen (secondary N) is 1. The molecule has 8 nitrogen and oxygen atoms in total. The number of alkyl halides is 1. The van der Waals surface area contributed by atoms with Crippen molar-refractivity contribution < 1.29 is 31.9 Å². The minimum absolute atomic E-state index is 0.0560. The Morgan fingerprint density at radius 1 is 0.871 bits per heavy atom. The van der Waals surface area contributed by atoms with Crippen molar-refractivity contribution in [2.45, 2.75) is 170 Å². The third-order valence-electron chi connectivity index (χ3n) is 19.5. The van der Waals surface area contributed by atoms with Gasteiger partial charge in [-0.05, 0) is 153 Å². The van der Waals surface area contributed by atoms with Crippen molar-refractivity contribution in [2.24, 2.45) is 56.7 Å². The number of carbonyl (C=O) groups excluding carboxylic acids is 2. The lowest BCUT2D eigenvalue weighted by molar-refractivity contribution is -0.221. The average Bonchev–Trinajstić information content (AvgIpc) is 3.61. The summed E-state index contributed by atoms with van der Waals surface area (Å²) in [5.74, 6) is 2.48. The number of esters is 2. The minimum Gasteiger partial charge on any atom is -0.428 e. The predicted octanol–water partition coefficient (Wildman–Crippen LogP) is 10.7. The Balaban J connectivity index is 1.03. The van der Waals surface area contributed by atoms with Crippen LogP contribution in [0.5, 0.6) is 0 Å². The number of hydrogen-bond donors (Lipinski definition) is 1. The maximum Gasteiger partial charge on any atom is 0.317 e. The molecule has 1 saturated heterocycles. The van der Waals surface area contributed by atoms with E-state index in [0.717, 1.165) is 51.6 Å². The lowest BCUT2D eigenvalue weighted by Gasteiger charge is -2.72. The Bertz CT molecular complexity index is 1850. The summed E-state index contributed by atoms with van der Waals surface area (Å²) in [6.45, 7) is 23.9. The van der Waals surface area contributed by atoms with Crippen molar-refractivity contribution in [3.63, 3.8) is 0 Å². The number of fused-ring (bicyclic) bond motifs is 7. The molecule has 10 atom stereocenters. The maximum absolute atomic E-state index is 14.8. The summed E-state index contributed by atoms with van der Waals surface area (Å²) in [6, 6.07) is 0. The van der Waals surface area contributed by atoms with Gasteiger partial charge in [0.1, 0.15) is 12.1 Å². The van der Waals surface area contributed by atoms with Crippen LogP contribution in [0, 0.1) is 56.7 Å². The number of unbranched alkanes of at least 4 members (excludes halogenated alkanes) is 4. The normalized spacial score (nSPS) is 39.8. The largest absolute Gasteiger partial charge is 0.428 e. The summed E-state index contributed by atoms with van der Waals surface area (Å²) in [7, 11) is -2.88. The van der Waals surface area contributed by atoms with Crippen LogP contribution in [0.4, 0.5) is 4.39 Å². The van der Waals surface area contributed by atoms with E-state index >= 15 is 0 Å². The van der Waals surface area contributed by atoms with E-state index in [0.29, 0.717) is 68.4 Å². The molecule has 7 rings (SSSR count). The number of nitrogens with zero attached hydrogens (tertiary/aromatic N) is 1. The highest BCUT2D eigenvalue weighted by atomic mass is 32.2. The van der Waals surface area contributed by atoms with E-state index in [1.807, 2.05) is 0 Å². The molecule has 0 aromatic rings. The average molecular weight is 883 g/mol. The molecule has 62 heavy (non-hydrogen) atoms. The summed E-state index contributed by atoms with van der Waals surface area (Å²) in [5, 5.41) is 4.21. The Morgan fingerprint density at radius 3 is 2.29 bits per heavy atom. The Labute approximate surface area is 375 Å². The lowest BCUT2D eigenvalue weighted by Crippen LogP contribution is -2.68. The van der Waals surface area contributed by atoms with Gasteiger partial charge in [-0.3, -0.25) is 9.59 Å². The molecule has 10 heteroatoms. The first-order chi connectivity index (χ1) is 29.3. The molecule has 0 aromatic carbocycles. The Kier molecular flexibility index (Phi) is 14.2. The third kappa shape index (κ3) is 8.59. The number of sulfone groups is 1. The molecule has 1 heterocycles. The van der Waals surface area contributed by atoms with Gasteiger partial charge in [-0.25, -0.2) is 12.8 Å². The van der Waals surface area contributed by atoms with Crippen LogP contribution in [0.3, 0.4) is 0 Å². The van der Waals surface area contributed by atoms with Gasteiger partial charge in [-0.1, -0.05) is 91.5 Å². The SMILES string of the molecule is C=C(C)[C@@H]1CC[C@]2(NCCN3CCS(=O)(=O)CC3)CC[C@]3(C)[C@H](CC[C@@H]4[C@@]5(C)CC=C(C6=CC[C@@](CF)(C(=O)OCOC(=O)CCCCCCC)CC6)C(C)(C)[C@@H]5CC[C@]43C)[C@@H]12. The van der Waals surface area contributed by atoms with Gasteiger partial charge >= 0.3 is 11.9 Å². The van der Waals surface area contributed by atoms with E-state index < -0.39 is 34.7 Å². The number of hydrogen-bond acceptors (Lipinski definition) is 8. The molecule has 0 bridgehead atoms. The monoisotopic (exact) mass is 883 g/mol. The van der Waals surface area contributed by atoms with Crippen LogP contribution >= 0.6 is 0 Å². The zero-order valence-corrected chi connectivity index (χ0v) is 40.6. The first-order valence-electron chi connectivity index (χ1n) is 24.9. The fourth-order valence-corrected chi connectivity index (χ4v) is 17.1. The van der Waals surface area contributed by atoms with E-state index in [1.54, 1.807) is 0 Å². The zero-order chi connectivity index (χ0) is 44.8. The van der Waals surface area contributed by atoms with Crippen molar-refractivity contribution in [2.75, 3.05) is 51.2 Å². The summed E-state index contributed by atoms with van der Waals surface area (Å²) < 4.78 is 49.6. The standard InChI is InChI=1S/C52H83FN2O6S/c1-9-10-11-12-13-14-44(56)60-36-61-46(57)51(35-53)24-17-38(18-25-51)40-20-22-48(6)42(47(40,4)5)21-23-50(8)43(48)16-15-41-45-39(37(2)3)19-26-52(45,28-27-49(41,50)7)54-29-30-55-31-33-62(58,59)34-32-55/h17,20,39,41-43,45,54H,2,9-16,18-19,21-36H2,1,3-8H3/t39-,41+,42-,43+,45+,48-,49+,50+,51+,52-/m0/s1. The van der Waals surface area contributed by atoms with E-state index in [2.05, 4.69) is 77.4 Å². The second-order valence-corrected chi connectivity index (χ2v) is 25.2. The van der Waals surface area contributed by atoms with Crippen molar-refractivity contribution in [1.82, 2.24) is 10.2 Å². The van der Waals surface area contributed by atoms with Gasteiger partial charge in [0, 0.05) is 38.1 Å². The molecular weight excluding hydrogens is 800 g/mol. The second-order valence-electron chi connectivity index (χ2n) is 22.9. The molecule has 6 aliphatic carbocycles. The van der Waals surface area contributed by atoms with Gasteiger partial charge in [0.15, 0.2) is 9.84 Å². The van der Waals surface area contributed by atoms with Crippen molar-refractivity contribution >= 4 is 21.8 Å². The summed E-state index contributed by atoms with van der Waals surface area (Å²) in [6.07, 6.45) is 22.3. The zero-order valence-electron chi connectivity index (χ0n) is 39.8. The summed E-state index contributed by atoms with van der Waals surface area (Å²) >= 11 is 0. The number of rotatable bonds is 16. The summed E-state index contributed by atoms with van der Waals surface area (Å²) in [4.78, 5) is 27.9. The molecule has 1 N–H and O–H groups in total. The maximum atomic E-state index is 14.8. The first kappa shape index (κ1) is 47.9. The van der Waals surface area contributed by atoms with E-state index in [9.17, 15) is 22.4 Å². The number of halogens is 1. The van der Waals surface area contributed by atoms with Gasteiger partial charge in [-0.15, -0.1) is 0 Å². The molecule has 0 amide bonds. The smallest absolute Gasteiger partial charge is 0.317 e. The van der Waals surface area contributed by atoms with Crippen LogP contribution < -0.4 is 5.32 Å². The number of carbonyl (C=O) groups is 2. The molecular formula is C52H83FN2O6S. The number of allylic oxidation sites excluding steroid dienone is 5. The molecule has 5 fully saturated rings. The molecule has 0 unspecified atom stereocenters. The van der Waals surface area contributed by atoms with Crippen LogP contribution in [-0.2, 0) is 28.9 Å². The fourth-order valence-electron chi connectivity index (χ4n) is 15.8. The first-order valence-corrected chi connectivity index (χ1v) is 26.8. The molecule has 0 aromatic heterocycles. The third-order valence-corrected chi connectivity index (χ3v) is 21.1. The second kappa shape index (κ2) is 18.3. The molecule has 350 valence electrons. The predicted molar refractivity (Wildman–Crippen MR) is 247 cm³/mol. The highest BCUT2D eigenvalue weighted by Crippen LogP contribution is 2.76. The molecule has 0 radical (unpaired) electrons. The Morgan fingerprint density at radius 2 is 1.61 bits per heavy atom. The highest BCUT2D eigenvalue weighted by molar-refractivity contribution is 7.91. The van der Waals surface area contributed by atoms with Gasteiger partial charge in [-0.2, -0.15) is 0 Å². The van der Waals surface area contributed by atoms with Crippen LogP contribution in [0.2, 0.25) is 0 Å². The van der Waals surface area contributed by atoms with Crippen LogP contribution in [0.1, 0.15) is 164 Å².